The van der Waals surface area contributed by atoms with Crippen LogP contribution in [0, 0.1) is 5.41 Å². The van der Waals surface area contributed by atoms with Gasteiger partial charge in [0.25, 0.3) is 0 Å². The summed E-state index contributed by atoms with van der Waals surface area (Å²) in [4.78, 5) is 14.1. The third-order valence-corrected chi connectivity index (χ3v) is 5.12. The highest BCUT2D eigenvalue weighted by atomic mass is 16.5. The third kappa shape index (κ3) is 3.34. The molecule has 0 aromatic carbocycles. The minimum atomic E-state index is -0.591. The molecule has 2 aliphatic heterocycles. The second-order valence-corrected chi connectivity index (χ2v) is 7.13. The summed E-state index contributed by atoms with van der Waals surface area (Å²) in [7, 11) is 0. The van der Waals surface area contributed by atoms with Gasteiger partial charge in [-0.3, -0.25) is 4.79 Å². The third-order valence-electron chi connectivity index (χ3n) is 5.12. The van der Waals surface area contributed by atoms with Crippen molar-refractivity contribution in [3.05, 3.63) is 0 Å². The Balaban J connectivity index is 1.95. The van der Waals surface area contributed by atoms with Crippen LogP contribution in [0.3, 0.4) is 0 Å². The molecule has 0 aromatic heterocycles. The number of piperidine rings is 1. The van der Waals surface area contributed by atoms with Gasteiger partial charge in [0.05, 0.1) is 11.0 Å². The average molecular weight is 283 g/mol. The number of likely N-dealkylation sites (tertiary alicyclic amines) is 1. The quantitative estimate of drug-likeness (QED) is 0.862. The fraction of sp³-hybridized carbons (Fsp3) is 0.938. The Kier molecular flexibility index (Phi) is 4.75. The van der Waals surface area contributed by atoms with E-state index < -0.39 is 11.4 Å². The molecule has 2 saturated heterocycles. The fourth-order valence-corrected chi connectivity index (χ4v) is 3.88. The molecule has 4 nitrogen and oxygen atoms in total. The van der Waals surface area contributed by atoms with E-state index >= 15 is 0 Å². The number of hydrogen-bond donors (Lipinski definition) is 1. The summed E-state index contributed by atoms with van der Waals surface area (Å²) in [6.07, 6.45) is 5.51. The number of carboxylic acid groups (broad SMARTS) is 1. The zero-order chi connectivity index (χ0) is 14.8. The zero-order valence-electron chi connectivity index (χ0n) is 13.2. The van der Waals surface area contributed by atoms with Crippen LogP contribution in [0.25, 0.3) is 0 Å². The summed E-state index contributed by atoms with van der Waals surface area (Å²) < 4.78 is 5.78. The van der Waals surface area contributed by atoms with Crippen LogP contribution >= 0.6 is 0 Å². The van der Waals surface area contributed by atoms with Crippen molar-refractivity contribution in [2.75, 3.05) is 19.7 Å². The Labute approximate surface area is 122 Å². The van der Waals surface area contributed by atoms with Gasteiger partial charge in [0, 0.05) is 12.6 Å². The van der Waals surface area contributed by atoms with E-state index in [2.05, 4.69) is 25.7 Å². The van der Waals surface area contributed by atoms with Crippen LogP contribution in [0.5, 0.6) is 0 Å². The highest BCUT2D eigenvalue weighted by Crippen LogP contribution is 2.38. The lowest BCUT2D eigenvalue weighted by Crippen LogP contribution is -2.52. The Morgan fingerprint density at radius 2 is 2.00 bits per heavy atom. The van der Waals surface area contributed by atoms with Crippen molar-refractivity contribution in [1.82, 2.24) is 4.90 Å². The van der Waals surface area contributed by atoms with Crippen LogP contribution in [0.1, 0.15) is 59.3 Å². The molecule has 0 aliphatic carbocycles. The minimum absolute atomic E-state index is 0.0341. The summed E-state index contributed by atoms with van der Waals surface area (Å²) in [5.74, 6) is -0.591. The van der Waals surface area contributed by atoms with Crippen molar-refractivity contribution in [1.29, 1.82) is 0 Å². The second kappa shape index (κ2) is 6.02. The van der Waals surface area contributed by atoms with Gasteiger partial charge < -0.3 is 14.7 Å². The van der Waals surface area contributed by atoms with Crippen LogP contribution < -0.4 is 0 Å². The fourth-order valence-electron chi connectivity index (χ4n) is 3.88. The van der Waals surface area contributed by atoms with Crippen molar-refractivity contribution in [2.45, 2.75) is 70.9 Å². The van der Waals surface area contributed by atoms with Gasteiger partial charge in [-0.2, -0.15) is 0 Å². The normalized spacial score (nSPS) is 30.1. The topological polar surface area (TPSA) is 49.8 Å². The van der Waals surface area contributed by atoms with Gasteiger partial charge in [0.15, 0.2) is 0 Å². The van der Waals surface area contributed by atoms with Crippen molar-refractivity contribution < 1.29 is 14.6 Å². The van der Waals surface area contributed by atoms with Crippen molar-refractivity contribution in [3.63, 3.8) is 0 Å². The molecule has 1 N–H and O–H groups in total. The molecule has 1 unspecified atom stereocenters. The van der Waals surface area contributed by atoms with E-state index in [1.54, 1.807) is 0 Å². The first-order valence-corrected chi connectivity index (χ1v) is 8.00. The maximum absolute atomic E-state index is 11.6. The Morgan fingerprint density at radius 1 is 1.35 bits per heavy atom. The largest absolute Gasteiger partial charge is 0.481 e. The molecular weight excluding hydrogens is 254 g/mol. The number of nitrogens with zero attached hydrogens (tertiary/aromatic N) is 1. The number of ether oxygens (including phenoxy) is 1. The van der Waals surface area contributed by atoms with E-state index in [9.17, 15) is 9.90 Å². The standard InChI is InChI=1S/C16H29NO3/c1-4-6-16(14(18)19)7-9-17(10-8-16)13-5-11-20-15(2,3)12-13/h13H,4-12H2,1-3H3,(H,18,19). The molecule has 2 heterocycles. The number of rotatable bonds is 4. The van der Waals surface area contributed by atoms with E-state index in [4.69, 9.17) is 4.74 Å². The monoisotopic (exact) mass is 283 g/mol. The molecule has 116 valence electrons. The lowest BCUT2D eigenvalue weighted by Gasteiger charge is -2.46. The Hall–Kier alpha value is -0.610. The highest BCUT2D eigenvalue weighted by molar-refractivity contribution is 5.74. The van der Waals surface area contributed by atoms with Crippen LogP contribution in [0.2, 0.25) is 0 Å². The molecule has 0 saturated carbocycles. The highest BCUT2D eigenvalue weighted by Gasteiger charge is 2.43. The zero-order valence-corrected chi connectivity index (χ0v) is 13.2. The maximum Gasteiger partial charge on any atom is 0.309 e. The molecule has 0 spiro atoms. The number of hydrogen-bond acceptors (Lipinski definition) is 3. The number of carboxylic acids is 1. The molecule has 2 rings (SSSR count). The Morgan fingerprint density at radius 3 is 2.50 bits per heavy atom. The van der Waals surface area contributed by atoms with Gasteiger partial charge in [-0.15, -0.1) is 0 Å². The summed E-state index contributed by atoms with van der Waals surface area (Å²) in [6.45, 7) is 9.06. The molecule has 2 fully saturated rings. The SMILES string of the molecule is CCCC1(C(=O)O)CCN(C2CCOC(C)(C)C2)CC1. The van der Waals surface area contributed by atoms with Crippen molar-refractivity contribution in [3.8, 4) is 0 Å². The lowest BCUT2D eigenvalue weighted by molar-refractivity contribution is -0.154. The molecule has 20 heavy (non-hydrogen) atoms. The van der Waals surface area contributed by atoms with E-state index in [0.717, 1.165) is 58.2 Å². The smallest absolute Gasteiger partial charge is 0.309 e. The average Bonchev–Trinajstić information content (AvgIpc) is 2.38. The number of aliphatic carboxylic acids is 1. The molecule has 0 radical (unpaired) electrons. The van der Waals surface area contributed by atoms with Gasteiger partial charge in [0.2, 0.25) is 0 Å². The molecule has 0 amide bonds. The van der Waals surface area contributed by atoms with Gasteiger partial charge in [-0.25, -0.2) is 0 Å². The first-order valence-electron chi connectivity index (χ1n) is 8.00. The summed E-state index contributed by atoms with van der Waals surface area (Å²) >= 11 is 0. The molecule has 0 aromatic rings. The van der Waals surface area contributed by atoms with Crippen LogP contribution in [0.15, 0.2) is 0 Å². The van der Waals surface area contributed by atoms with E-state index in [1.807, 2.05) is 0 Å². The minimum Gasteiger partial charge on any atom is -0.481 e. The van der Waals surface area contributed by atoms with E-state index in [1.165, 1.54) is 0 Å². The van der Waals surface area contributed by atoms with Gasteiger partial charge >= 0.3 is 5.97 Å². The molecule has 1 atom stereocenters. The lowest BCUT2D eigenvalue weighted by atomic mass is 9.74. The van der Waals surface area contributed by atoms with Crippen molar-refractivity contribution in [2.24, 2.45) is 5.41 Å². The first-order chi connectivity index (χ1) is 9.38. The van der Waals surface area contributed by atoms with Crippen LogP contribution in [-0.2, 0) is 9.53 Å². The Bertz CT molecular complexity index is 346. The van der Waals surface area contributed by atoms with Crippen LogP contribution in [-0.4, -0.2) is 47.3 Å². The number of carbonyl (C=O) groups is 1. The van der Waals surface area contributed by atoms with Crippen molar-refractivity contribution >= 4 is 5.97 Å². The van der Waals surface area contributed by atoms with E-state index in [0.29, 0.717) is 6.04 Å². The predicted octanol–water partition coefficient (Wildman–Crippen LogP) is 2.91. The molecule has 2 aliphatic rings. The maximum atomic E-state index is 11.6. The van der Waals surface area contributed by atoms with Gasteiger partial charge in [-0.05, 0) is 59.0 Å². The van der Waals surface area contributed by atoms with Gasteiger partial charge in [0.1, 0.15) is 0 Å². The van der Waals surface area contributed by atoms with Gasteiger partial charge in [-0.1, -0.05) is 13.3 Å². The van der Waals surface area contributed by atoms with Crippen LogP contribution in [0.4, 0.5) is 0 Å². The molecule has 0 bridgehead atoms. The molecule has 4 heteroatoms. The summed E-state index contributed by atoms with van der Waals surface area (Å²) in [5.41, 5.74) is -0.500. The summed E-state index contributed by atoms with van der Waals surface area (Å²) in [5, 5.41) is 9.56. The first kappa shape index (κ1) is 15.8. The predicted molar refractivity (Wildman–Crippen MR) is 78.8 cm³/mol. The second-order valence-electron chi connectivity index (χ2n) is 7.13. The van der Waals surface area contributed by atoms with E-state index in [-0.39, 0.29) is 5.60 Å². The summed E-state index contributed by atoms with van der Waals surface area (Å²) in [6, 6.07) is 0.562. The molecular formula is C16H29NO3.